The van der Waals surface area contributed by atoms with Gasteiger partial charge in [0.15, 0.2) is 0 Å². The first-order valence-electron chi connectivity index (χ1n) is 9.13. The second-order valence-electron chi connectivity index (χ2n) is 6.78. The lowest BCUT2D eigenvalue weighted by Crippen LogP contribution is -2.16. The van der Waals surface area contributed by atoms with Gasteiger partial charge in [-0.25, -0.2) is 0 Å². The SMILES string of the molecule is Cn1cc(Nc2nc(O[C@@H]3CCCc4cc(C#N)ccc43)ccc2C=N)cn1. The van der Waals surface area contributed by atoms with E-state index in [1.807, 2.05) is 37.5 Å². The van der Waals surface area contributed by atoms with Gasteiger partial charge in [0.1, 0.15) is 11.9 Å². The van der Waals surface area contributed by atoms with E-state index in [0.29, 0.717) is 22.8 Å². The molecule has 2 heterocycles. The fourth-order valence-corrected chi connectivity index (χ4v) is 3.46. The molecule has 1 aliphatic carbocycles. The molecule has 1 atom stereocenters. The molecule has 1 aromatic carbocycles. The van der Waals surface area contributed by atoms with E-state index in [9.17, 15) is 0 Å². The van der Waals surface area contributed by atoms with E-state index in [0.717, 1.165) is 30.5 Å². The number of benzene rings is 1. The number of anilines is 2. The van der Waals surface area contributed by atoms with Crippen LogP contribution in [0, 0.1) is 16.7 Å². The van der Waals surface area contributed by atoms with E-state index in [2.05, 4.69) is 21.5 Å². The Morgan fingerprint density at radius 1 is 1.36 bits per heavy atom. The van der Waals surface area contributed by atoms with Gasteiger partial charge in [-0.1, -0.05) is 6.07 Å². The van der Waals surface area contributed by atoms with Crippen LogP contribution >= 0.6 is 0 Å². The van der Waals surface area contributed by atoms with Crippen LogP contribution in [0.2, 0.25) is 0 Å². The number of nitrogens with zero attached hydrogens (tertiary/aromatic N) is 4. The fraction of sp³-hybridized carbons (Fsp3) is 0.238. The smallest absolute Gasteiger partial charge is 0.215 e. The first-order chi connectivity index (χ1) is 13.7. The van der Waals surface area contributed by atoms with Crippen LogP contribution in [0.1, 0.15) is 41.2 Å². The number of rotatable bonds is 5. The van der Waals surface area contributed by atoms with Gasteiger partial charge in [0.25, 0.3) is 0 Å². The van der Waals surface area contributed by atoms with E-state index < -0.39 is 0 Å². The summed E-state index contributed by atoms with van der Waals surface area (Å²) in [5.41, 5.74) is 4.42. The van der Waals surface area contributed by atoms with Crippen LogP contribution in [-0.4, -0.2) is 21.0 Å². The normalized spacial score (nSPS) is 15.4. The van der Waals surface area contributed by atoms with Gasteiger partial charge in [-0.2, -0.15) is 15.3 Å². The van der Waals surface area contributed by atoms with E-state index in [-0.39, 0.29) is 6.10 Å². The number of aromatic nitrogens is 3. The standard InChI is InChI=1S/C21H20N6O/c1-27-13-17(12-24-27)25-21-16(11-23)6-8-20(26-21)28-19-4-2-3-15-9-14(10-22)5-7-18(15)19/h5-9,11-13,19,23H,2-4H2,1H3,(H,25,26)/t19-/m1/s1. The zero-order valence-corrected chi connectivity index (χ0v) is 15.5. The minimum Gasteiger partial charge on any atom is -0.469 e. The first kappa shape index (κ1) is 17.7. The highest BCUT2D eigenvalue weighted by Gasteiger charge is 2.23. The molecule has 0 unspecified atom stereocenters. The summed E-state index contributed by atoms with van der Waals surface area (Å²) in [6.45, 7) is 0. The molecule has 7 heteroatoms. The molecular formula is C21H20N6O. The summed E-state index contributed by atoms with van der Waals surface area (Å²) in [5, 5.41) is 24.1. The molecule has 0 saturated heterocycles. The number of hydrogen-bond acceptors (Lipinski definition) is 6. The lowest BCUT2D eigenvalue weighted by atomic mass is 9.88. The molecule has 1 aliphatic rings. The molecule has 7 nitrogen and oxygen atoms in total. The zero-order valence-electron chi connectivity index (χ0n) is 15.5. The van der Waals surface area contributed by atoms with Gasteiger partial charge < -0.3 is 15.5 Å². The van der Waals surface area contributed by atoms with Crippen molar-refractivity contribution in [3.05, 3.63) is 65.0 Å². The molecule has 140 valence electrons. The largest absolute Gasteiger partial charge is 0.469 e. The van der Waals surface area contributed by atoms with Crippen molar-refractivity contribution in [2.45, 2.75) is 25.4 Å². The van der Waals surface area contributed by atoms with Crippen LogP contribution in [-0.2, 0) is 13.5 Å². The van der Waals surface area contributed by atoms with Gasteiger partial charge in [-0.3, -0.25) is 4.68 Å². The van der Waals surface area contributed by atoms with Crippen molar-refractivity contribution in [1.82, 2.24) is 14.8 Å². The predicted octanol–water partition coefficient (Wildman–Crippen LogP) is 3.88. The van der Waals surface area contributed by atoms with Crippen LogP contribution in [0.25, 0.3) is 0 Å². The summed E-state index contributed by atoms with van der Waals surface area (Å²) in [4.78, 5) is 4.57. The average molecular weight is 372 g/mol. The van der Waals surface area contributed by atoms with Crippen LogP contribution < -0.4 is 10.1 Å². The molecular weight excluding hydrogens is 352 g/mol. The third kappa shape index (κ3) is 3.58. The number of pyridine rings is 1. The van der Waals surface area contributed by atoms with Crippen molar-refractivity contribution in [3.8, 4) is 11.9 Å². The summed E-state index contributed by atoms with van der Waals surface area (Å²) in [6.07, 6.45) is 7.57. The Balaban J connectivity index is 1.60. The Morgan fingerprint density at radius 3 is 3.00 bits per heavy atom. The highest BCUT2D eigenvalue weighted by molar-refractivity contribution is 5.85. The molecule has 0 radical (unpaired) electrons. The summed E-state index contributed by atoms with van der Waals surface area (Å²) >= 11 is 0. The maximum Gasteiger partial charge on any atom is 0.215 e. The van der Waals surface area contributed by atoms with E-state index in [1.54, 1.807) is 16.9 Å². The second-order valence-corrected chi connectivity index (χ2v) is 6.78. The fourth-order valence-electron chi connectivity index (χ4n) is 3.46. The van der Waals surface area contributed by atoms with Crippen molar-refractivity contribution in [2.24, 2.45) is 7.05 Å². The molecule has 4 rings (SSSR count). The van der Waals surface area contributed by atoms with Crippen LogP contribution in [0.5, 0.6) is 5.88 Å². The Bertz CT molecular complexity index is 1060. The molecule has 0 fully saturated rings. The maximum atomic E-state index is 9.12. The highest BCUT2D eigenvalue weighted by atomic mass is 16.5. The van der Waals surface area contributed by atoms with Gasteiger partial charge in [0.05, 0.1) is 23.5 Å². The van der Waals surface area contributed by atoms with E-state index in [1.165, 1.54) is 11.8 Å². The zero-order chi connectivity index (χ0) is 19.5. The Labute approximate surface area is 163 Å². The summed E-state index contributed by atoms with van der Waals surface area (Å²) in [6, 6.07) is 11.6. The Kier molecular flexibility index (Phi) is 4.77. The summed E-state index contributed by atoms with van der Waals surface area (Å²) < 4.78 is 7.90. The second kappa shape index (κ2) is 7.53. The number of aryl methyl sites for hydroxylation is 2. The van der Waals surface area contributed by atoms with E-state index in [4.69, 9.17) is 15.4 Å². The van der Waals surface area contributed by atoms with Crippen molar-refractivity contribution >= 4 is 17.7 Å². The highest BCUT2D eigenvalue weighted by Crippen LogP contribution is 2.34. The lowest BCUT2D eigenvalue weighted by Gasteiger charge is -2.26. The molecule has 0 saturated carbocycles. The van der Waals surface area contributed by atoms with Crippen LogP contribution in [0.3, 0.4) is 0 Å². The number of hydrogen-bond donors (Lipinski definition) is 2. The molecule has 0 aliphatic heterocycles. The Morgan fingerprint density at radius 2 is 2.25 bits per heavy atom. The third-order valence-electron chi connectivity index (χ3n) is 4.82. The summed E-state index contributed by atoms with van der Waals surface area (Å²) in [7, 11) is 1.84. The topological polar surface area (TPSA) is 99.6 Å². The van der Waals surface area contributed by atoms with Gasteiger partial charge >= 0.3 is 0 Å². The van der Waals surface area contributed by atoms with Crippen LogP contribution in [0.15, 0.2) is 42.7 Å². The third-order valence-corrected chi connectivity index (χ3v) is 4.82. The monoisotopic (exact) mass is 372 g/mol. The van der Waals surface area contributed by atoms with Gasteiger partial charge in [-0.15, -0.1) is 0 Å². The van der Waals surface area contributed by atoms with Gasteiger partial charge in [0.2, 0.25) is 5.88 Å². The Hall–Kier alpha value is -3.66. The van der Waals surface area contributed by atoms with E-state index >= 15 is 0 Å². The average Bonchev–Trinajstić information content (AvgIpc) is 3.12. The minimum atomic E-state index is -0.0962. The first-order valence-corrected chi connectivity index (χ1v) is 9.13. The van der Waals surface area contributed by atoms with Crippen LogP contribution in [0.4, 0.5) is 11.5 Å². The quantitative estimate of drug-likeness (QED) is 0.662. The maximum absolute atomic E-state index is 9.12. The summed E-state index contributed by atoms with van der Waals surface area (Å²) in [5.74, 6) is 1.05. The molecule has 3 aromatic rings. The molecule has 2 N–H and O–H groups in total. The van der Waals surface area contributed by atoms with Crippen molar-refractivity contribution in [3.63, 3.8) is 0 Å². The number of ether oxygens (including phenoxy) is 1. The number of fused-ring (bicyclic) bond motifs is 1. The molecule has 0 spiro atoms. The van der Waals surface area contributed by atoms with Gasteiger partial charge in [0, 0.05) is 31.1 Å². The number of nitriles is 1. The predicted molar refractivity (Wildman–Crippen MR) is 106 cm³/mol. The molecule has 0 amide bonds. The van der Waals surface area contributed by atoms with Crippen molar-refractivity contribution < 1.29 is 4.74 Å². The van der Waals surface area contributed by atoms with Crippen molar-refractivity contribution in [2.75, 3.05) is 5.32 Å². The van der Waals surface area contributed by atoms with Gasteiger partial charge in [-0.05, 0) is 48.6 Å². The van der Waals surface area contributed by atoms with Crippen molar-refractivity contribution in [1.29, 1.82) is 10.7 Å². The minimum absolute atomic E-state index is 0.0962. The molecule has 0 bridgehead atoms. The molecule has 2 aromatic heterocycles. The lowest BCUT2D eigenvalue weighted by molar-refractivity contribution is 0.176. The number of nitrogens with one attached hydrogen (secondary N) is 2. The molecule has 28 heavy (non-hydrogen) atoms.